The van der Waals surface area contributed by atoms with E-state index in [4.69, 9.17) is 5.73 Å². The lowest BCUT2D eigenvalue weighted by molar-refractivity contribution is -0.121. The average molecular weight is 172 g/mol. The minimum absolute atomic E-state index is 0.133. The fourth-order valence-electron chi connectivity index (χ4n) is 0.965. The zero-order valence-corrected chi connectivity index (χ0v) is 8.10. The second kappa shape index (κ2) is 7.10. The van der Waals surface area contributed by atoms with Crippen LogP contribution < -0.4 is 11.1 Å². The Hall–Kier alpha value is -0.570. The Bertz CT molecular complexity index is 122. The van der Waals surface area contributed by atoms with E-state index in [0.29, 0.717) is 13.0 Å². The van der Waals surface area contributed by atoms with E-state index in [-0.39, 0.29) is 11.9 Å². The maximum Gasteiger partial charge on any atom is 0.220 e. The molecule has 3 N–H and O–H groups in total. The van der Waals surface area contributed by atoms with Crippen molar-refractivity contribution in [1.82, 2.24) is 5.32 Å². The highest BCUT2D eigenvalue weighted by atomic mass is 16.1. The van der Waals surface area contributed by atoms with Gasteiger partial charge >= 0.3 is 0 Å². The van der Waals surface area contributed by atoms with Crippen LogP contribution in [-0.2, 0) is 4.79 Å². The molecule has 0 aliphatic rings. The molecule has 0 fully saturated rings. The molecule has 3 heteroatoms. The van der Waals surface area contributed by atoms with Crippen LogP contribution in [0.3, 0.4) is 0 Å². The van der Waals surface area contributed by atoms with Crippen LogP contribution in [0.4, 0.5) is 0 Å². The number of hydrogen-bond donors (Lipinski definition) is 2. The molecule has 1 amide bonds. The first-order valence-electron chi connectivity index (χ1n) is 4.74. The summed E-state index contributed by atoms with van der Waals surface area (Å²) in [6.07, 6.45) is 3.57. The highest BCUT2D eigenvalue weighted by Crippen LogP contribution is 1.95. The number of carbonyl (C=O) groups excluding carboxylic acids is 1. The van der Waals surface area contributed by atoms with Gasteiger partial charge in [0.25, 0.3) is 0 Å². The molecule has 0 saturated heterocycles. The Morgan fingerprint density at radius 3 is 2.58 bits per heavy atom. The summed E-state index contributed by atoms with van der Waals surface area (Å²) in [6, 6.07) is 0.161. The zero-order chi connectivity index (χ0) is 9.40. The van der Waals surface area contributed by atoms with E-state index in [1.807, 2.05) is 6.92 Å². The molecular formula is C9H20N2O. The molecule has 0 aromatic heterocycles. The molecule has 0 aliphatic carbocycles. The monoisotopic (exact) mass is 172 g/mol. The third-order valence-corrected chi connectivity index (χ3v) is 1.90. The van der Waals surface area contributed by atoms with E-state index >= 15 is 0 Å². The number of rotatable bonds is 6. The van der Waals surface area contributed by atoms with Crippen molar-refractivity contribution in [3.05, 3.63) is 0 Å². The van der Waals surface area contributed by atoms with Crippen LogP contribution in [0.2, 0.25) is 0 Å². The molecule has 0 spiro atoms. The summed E-state index contributed by atoms with van der Waals surface area (Å²) in [6.45, 7) is 4.64. The highest BCUT2D eigenvalue weighted by molar-refractivity contribution is 5.76. The Morgan fingerprint density at radius 2 is 2.17 bits per heavy atom. The molecule has 0 aliphatic heterocycles. The third kappa shape index (κ3) is 5.13. The number of amides is 1. The summed E-state index contributed by atoms with van der Waals surface area (Å²) in [4.78, 5) is 11.2. The van der Waals surface area contributed by atoms with E-state index in [2.05, 4.69) is 12.2 Å². The topological polar surface area (TPSA) is 55.1 Å². The third-order valence-electron chi connectivity index (χ3n) is 1.90. The van der Waals surface area contributed by atoms with E-state index in [1.54, 1.807) is 0 Å². The summed E-state index contributed by atoms with van der Waals surface area (Å²) < 4.78 is 0. The Balaban J connectivity index is 3.52. The maximum absolute atomic E-state index is 11.2. The summed E-state index contributed by atoms with van der Waals surface area (Å²) in [5.41, 5.74) is 5.45. The van der Waals surface area contributed by atoms with Crippen LogP contribution >= 0.6 is 0 Å². The predicted octanol–water partition coefficient (Wildman–Crippen LogP) is 1.03. The van der Waals surface area contributed by atoms with Gasteiger partial charge in [-0.05, 0) is 12.8 Å². The first-order chi connectivity index (χ1) is 5.74. The lowest BCUT2D eigenvalue weighted by Crippen LogP contribution is -2.39. The second-order valence-electron chi connectivity index (χ2n) is 3.01. The first-order valence-corrected chi connectivity index (χ1v) is 4.74. The van der Waals surface area contributed by atoms with Gasteiger partial charge in [0.05, 0.1) is 0 Å². The number of hydrogen-bond acceptors (Lipinski definition) is 2. The van der Waals surface area contributed by atoms with Crippen LogP contribution in [0.1, 0.15) is 39.5 Å². The van der Waals surface area contributed by atoms with Crippen LogP contribution in [0.5, 0.6) is 0 Å². The lowest BCUT2D eigenvalue weighted by atomic mass is 10.2. The maximum atomic E-state index is 11.2. The molecule has 1 atom stereocenters. The standard InChI is InChI=1S/C9H20N2O/c1-3-5-6-9(12)11-8(4-2)7-10/h8H,3-7,10H2,1-2H3,(H,11,12). The second-order valence-corrected chi connectivity index (χ2v) is 3.01. The van der Waals surface area contributed by atoms with Gasteiger partial charge in [-0.2, -0.15) is 0 Å². The van der Waals surface area contributed by atoms with Gasteiger partial charge in [0, 0.05) is 19.0 Å². The molecule has 1 unspecified atom stereocenters. The van der Waals surface area contributed by atoms with Gasteiger partial charge < -0.3 is 11.1 Å². The Labute approximate surface area is 74.7 Å². The Kier molecular flexibility index (Phi) is 6.76. The van der Waals surface area contributed by atoms with E-state index in [9.17, 15) is 4.79 Å². The highest BCUT2D eigenvalue weighted by Gasteiger charge is 2.06. The number of unbranched alkanes of at least 4 members (excludes halogenated alkanes) is 1. The van der Waals surface area contributed by atoms with Crippen molar-refractivity contribution < 1.29 is 4.79 Å². The largest absolute Gasteiger partial charge is 0.352 e. The van der Waals surface area contributed by atoms with Gasteiger partial charge in [0.2, 0.25) is 5.91 Å². The summed E-state index contributed by atoms with van der Waals surface area (Å²) >= 11 is 0. The van der Waals surface area contributed by atoms with Gasteiger partial charge in [-0.25, -0.2) is 0 Å². The van der Waals surface area contributed by atoms with Crippen LogP contribution in [0.25, 0.3) is 0 Å². The van der Waals surface area contributed by atoms with E-state index in [1.165, 1.54) is 0 Å². The molecule has 72 valence electrons. The predicted molar refractivity (Wildman–Crippen MR) is 50.8 cm³/mol. The van der Waals surface area contributed by atoms with Crippen molar-refractivity contribution in [2.45, 2.75) is 45.6 Å². The Morgan fingerprint density at radius 1 is 1.50 bits per heavy atom. The van der Waals surface area contributed by atoms with Crippen LogP contribution in [0, 0.1) is 0 Å². The molecule has 0 bridgehead atoms. The molecule has 0 aromatic carbocycles. The molecule has 0 radical (unpaired) electrons. The number of carbonyl (C=O) groups is 1. The van der Waals surface area contributed by atoms with Crippen molar-refractivity contribution in [2.75, 3.05) is 6.54 Å². The van der Waals surface area contributed by atoms with E-state index in [0.717, 1.165) is 19.3 Å². The number of nitrogens with one attached hydrogen (secondary N) is 1. The molecule has 0 aromatic rings. The smallest absolute Gasteiger partial charge is 0.220 e. The summed E-state index contributed by atoms with van der Waals surface area (Å²) in [7, 11) is 0. The normalized spacial score (nSPS) is 12.6. The van der Waals surface area contributed by atoms with Gasteiger partial charge in [-0.1, -0.05) is 20.3 Å². The van der Waals surface area contributed by atoms with Crippen molar-refractivity contribution >= 4 is 5.91 Å². The molecule has 0 heterocycles. The summed E-state index contributed by atoms with van der Waals surface area (Å²) in [5.74, 6) is 0.133. The van der Waals surface area contributed by atoms with Gasteiger partial charge in [-0.15, -0.1) is 0 Å². The number of nitrogens with two attached hydrogens (primary N) is 1. The average Bonchev–Trinajstić information content (AvgIpc) is 2.10. The van der Waals surface area contributed by atoms with Crippen molar-refractivity contribution in [3.8, 4) is 0 Å². The SMILES string of the molecule is CCCCC(=O)NC(CC)CN. The summed E-state index contributed by atoms with van der Waals surface area (Å²) in [5, 5.41) is 2.89. The van der Waals surface area contributed by atoms with Crippen LogP contribution in [0.15, 0.2) is 0 Å². The lowest BCUT2D eigenvalue weighted by Gasteiger charge is -2.13. The molecule has 3 nitrogen and oxygen atoms in total. The molecular weight excluding hydrogens is 152 g/mol. The van der Waals surface area contributed by atoms with E-state index < -0.39 is 0 Å². The molecule has 0 rings (SSSR count). The van der Waals surface area contributed by atoms with Crippen molar-refractivity contribution in [3.63, 3.8) is 0 Å². The quantitative estimate of drug-likeness (QED) is 0.628. The fourth-order valence-corrected chi connectivity index (χ4v) is 0.965. The molecule has 12 heavy (non-hydrogen) atoms. The fraction of sp³-hybridized carbons (Fsp3) is 0.889. The van der Waals surface area contributed by atoms with Crippen molar-refractivity contribution in [2.24, 2.45) is 5.73 Å². The minimum atomic E-state index is 0.133. The minimum Gasteiger partial charge on any atom is -0.352 e. The first kappa shape index (κ1) is 11.4. The van der Waals surface area contributed by atoms with Gasteiger partial charge in [0.15, 0.2) is 0 Å². The molecule has 0 saturated carbocycles. The zero-order valence-electron chi connectivity index (χ0n) is 8.10. The van der Waals surface area contributed by atoms with Gasteiger partial charge in [0.1, 0.15) is 0 Å². The van der Waals surface area contributed by atoms with Gasteiger partial charge in [-0.3, -0.25) is 4.79 Å². The van der Waals surface area contributed by atoms with Crippen molar-refractivity contribution in [1.29, 1.82) is 0 Å². The van der Waals surface area contributed by atoms with Crippen LogP contribution in [-0.4, -0.2) is 18.5 Å².